The number of halogens is 1. The summed E-state index contributed by atoms with van der Waals surface area (Å²) in [5.41, 5.74) is 1.87. The van der Waals surface area contributed by atoms with E-state index in [-0.39, 0.29) is 18.1 Å². The van der Waals surface area contributed by atoms with Crippen LogP contribution >= 0.6 is 27.7 Å². The van der Waals surface area contributed by atoms with Crippen molar-refractivity contribution >= 4 is 39.3 Å². The maximum Gasteiger partial charge on any atom is 0.238 e. The van der Waals surface area contributed by atoms with Crippen molar-refractivity contribution in [2.75, 3.05) is 24.1 Å². The van der Waals surface area contributed by atoms with E-state index in [0.717, 1.165) is 40.3 Å². The van der Waals surface area contributed by atoms with E-state index < -0.39 is 0 Å². The summed E-state index contributed by atoms with van der Waals surface area (Å²) in [7, 11) is 0. The van der Waals surface area contributed by atoms with Gasteiger partial charge in [0.05, 0.1) is 12.4 Å². The lowest BCUT2D eigenvalue weighted by atomic mass is 10.1. The first kappa shape index (κ1) is 19.5. The molecule has 2 aromatic carbocycles. The summed E-state index contributed by atoms with van der Waals surface area (Å²) in [5.74, 6) is 2.81. The standard InChI is InChI=1S/C21H22BrNO4S/c1-2-3-4-9-25-15-7-5-14(6-8-15)23-20(24)12-28-21(23)16-10-18-19(11-17(16)22)27-13-26-18/h5-8,10-11,21H,2-4,9,12-13H2,1H3. The van der Waals surface area contributed by atoms with Crippen molar-refractivity contribution in [1.29, 1.82) is 0 Å². The molecule has 148 valence electrons. The number of fused-ring (bicyclic) bond motifs is 1. The summed E-state index contributed by atoms with van der Waals surface area (Å²) in [4.78, 5) is 14.5. The van der Waals surface area contributed by atoms with E-state index in [0.29, 0.717) is 11.5 Å². The van der Waals surface area contributed by atoms with Crippen LogP contribution in [0.5, 0.6) is 17.2 Å². The van der Waals surface area contributed by atoms with Crippen LogP contribution in [0.4, 0.5) is 5.69 Å². The number of hydrogen-bond acceptors (Lipinski definition) is 5. The van der Waals surface area contributed by atoms with Crippen LogP contribution in [-0.4, -0.2) is 25.1 Å². The smallest absolute Gasteiger partial charge is 0.238 e. The maximum atomic E-state index is 12.6. The second-order valence-corrected chi connectivity index (χ2v) is 8.63. The Morgan fingerprint density at radius 3 is 2.68 bits per heavy atom. The highest BCUT2D eigenvalue weighted by atomic mass is 79.9. The molecular weight excluding hydrogens is 442 g/mol. The van der Waals surface area contributed by atoms with Gasteiger partial charge in [-0.25, -0.2) is 0 Å². The third-order valence-electron chi connectivity index (χ3n) is 4.76. The monoisotopic (exact) mass is 463 g/mol. The molecule has 1 unspecified atom stereocenters. The van der Waals surface area contributed by atoms with Crippen molar-refractivity contribution in [2.45, 2.75) is 31.6 Å². The number of hydrogen-bond donors (Lipinski definition) is 0. The predicted octanol–water partition coefficient (Wildman–Crippen LogP) is 5.53. The summed E-state index contributed by atoms with van der Waals surface area (Å²) < 4.78 is 17.7. The van der Waals surface area contributed by atoms with Gasteiger partial charge in [-0.2, -0.15) is 0 Å². The fourth-order valence-corrected chi connectivity index (χ4v) is 5.19. The molecule has 5 nitrogen and oxygen atoms in total. The maximum absolute atomic E-state index is 12.6. The number of ether oxygens (including phenoxy) is 3. The van der Waals surface area contributed by atoms with E-state index in [1.165, 1.54) is 12.8 Å². The Hall–Kier alpha value is -1.86. The van der Waals surface area contributed by atoms with Gasteiger partial charge in [-0.15, -0.1) is 11.8 Å². The van der Waals surface area contributed by atoms with Crippen LogP contribution in [0.2, 0.25) is 0 Å². The minimum atomic E-state index is -0.118. The summed E-state index contributed by atoms with van der Waals surface area (Å²) in [6, 6.07) is 11.6. The van der Waals surface area contributed by atoms with Crippen LogP contribution in [0.3, 0.4) is 0 Å². The number of carbonyl (C=O) groups excluding carboxylic acids is 1. The molecule has 4 rings (SSSR count). The van der Waals surface area contributed by atoms with Crippen molar-refractivity contribution in [2.24, 2.45) is 0 Å². The van der Waals surface area contributed by atoms with Crippen molar-refractivity contribution in [1.82, 2.24) is 0 Å². The van der Waals surface area contributed by atoms with Gasteiger partial charge in [0.25, 0.3) is 0 Å². The highest BCUT2D eigenvalue weighted by Gasteiger charge is 2.36. The lowest BCUT2D eigenvalue weighted by Crippen LogP contribution is -2.27. The summed E-state index contributed by atoms with van der Waals surface area (Å²) >= 11 is 5.23. The second kappa shape index (κ2) is 8.66. The zero-order valence-corrected chi connectivity index (χ0v) is 18.1. The summed E-state index contributed by atoms with van der Waals surface area (Å²) in [5, 5.41) is -0.118. The Morgan fingerprint density at radius 1 is 1.18 bits per heavy atom. The molecule has 7 heteroatoms. The minimum Gasteiger partial charge on any atom is -0.494 e. The van der Waals surface area contributed by atoms with E-state index in [9.17, 15) is 4.79 Å². The molecule has 2 aliphatic rings. The van der Waals surface area contributed by atoms with Crippen LogP contribution in [0.1, 0.15) is 37.1 Å². The fourth-order valence-electron chi connectivity index (χ4n) is 3.30. The van der Waals surface area contributed by atoms with Crippen LogP contribution in [0.15, 0.2) is 40.9 Å². The van der Waals surface area contributed by atoms with Gasteiger partial charge in [0.2, 0.25) is 12.7 Å². The summed E-state index contributed by atoms with van der Waals surface area (Å²) in [6.45, 7) is 3.12. The van der Waals surface area contributed by atoms with Gasteiger partial charge in [-0.1, -0.05) is 35.7 Å². The normalized spacial score (nSPS) is 18.0. The molecule has 2 heterocycles. The van der Waals surface area contributed by atoms with E-state index in [1.54, 1.807) is 11.8 Å². The molecule has 0 radical (unpaired) electrons. The molecule has 1 saturated heterocycles. The van der Waals surface area contributed by atoms with E-state index in [2.05, 4.69) is 22.9 Å². The predicted molar refractivity (Wildman–Crippen MR) is 114 cm³/mol. The van der Waals surface area contributed by atoms with E-state index in [4.69, 9.17) is 14.2 Å². The molecule has 0 aliphatic carbocycles. The number of amides is 1. The molecule has 28 heavy (non-hydrogen) atoms. The molecule has 0 N–H and O–H groups in total. The quantitative estimate of drug-likeness (QED) is 0.505. The molecule has 0 saturated carbocycles. The van der Waals surface area contributed by atoms with Crippen LogP contribution in [0, 0.1) is 0 Å². The molecule has 1 amide bonds. The number of rotatable bonds is 7. The number of thioether (sulfide) groups is 1. The average molecular weight is 464 g/mol. The Morgan fingerprint density at radius 2 is 1.93 bits per heavy atom. The highest BCUT2D eigenvalue weighted by Crippen LogP contribution is 2.47. The Balaban J connectivity index is 1.54. The number of nitrogens with zero attached hydrogens (tertiary/aromatic N) is 1. The number of anilines is 1. The number of unbranched alkanes of at least 4 members (excludes halogenated alkanes) is 2. The third kappa shape index (κ3) is 3.96. The minimum absolute atomic E-state index is 0.0937. The Bertz CT molecular complexity index is 858. The molecule has 0 spiro atoms. The van der Waals surface area contributed by atoms with Gasteiger partial charge in [0, 0.05) is 15.7 Å². The number of benzene rings is 2. The van der Waals surface area contributed by atoms with Gasteiger partial charge in [-0.05, 0) is 42.8 Å². The zero-order valence-electron chi connectivity index (χ0n) is 15.7. The topological polar surface area (TPSA) is 48.0 Å². The van der Waals surface area contributed by atoms with E-state index >= 15 is 0 Å². The van der Waals surface area contributed by atoms with Crippen LogP contribution in [-0.2, 0) is 4.79 Å². The van der Waals surface area contributed by atoms with Gasteiger partial charge in [0.15, 0.2) is 11.5 Å². The van der Waals surface area contributed by atoms with Gasteiger partial charge in [0.1, 0.15) is 11.1 Å². The van der Waals surface area contributed by atoms with Crippen LogP contribution in [0.25, 0.3) is 0 Å². The van der Waals surface area contributed by atoms with E-state index in [1.807, 2.05) is 41.3 Å². The molecule has 0 bridgehead atoms. The Kier molecular flexibility index (Phi) is 6.01. The Labute approximate surface area is 177 Å². The molecule has 0 aromatic heterocycles. The van der Waals surface area contributed by atoms with Crippen LogP contribution < -0.4 is 19.1 Å². The highest BCUT2D eigenvalue weighted by molar-refractivity contribution is 9.10. The first-order valence-electron chi connectivity index (χ1n) is 9.43. The fraction of sp³-hybridized carbons (Fsp3) is 0.381. The van der Waals surface area contributed by atoms with Crippen molar-refractivity contribution in [3.63, 3.8) is 0 Å². The molecule has 1 fully saturated rings. The lowest BCUT2D eigenvalue weighted by Gasteiger charge is -2.25. The third-order valence-corrected chi connectivity index (χ3v) is 6.64. The summed E-state index contributed by atoms with van der Waals surface area (Å²) in [6.07, 6.45) is 3.40. The second-order valence-electron chi connectivity index (χ2n) is 6.70. The van der Waals surface area contributed by atoms with Gasteiger partial charge in [-0.3, -0.25) is 9.69 Å². The molecule has 2 aliphatic heterocycles. The molecule has 2 aromatic rings. The molecule has 1 atom stereocenters. The van der Waals surface area contributed by atoms with Crippen molar-refractivity contribution in [3.05, 3.63) is 46.4 Å². The average Bonchev–Trinajstić information content (AvgIpc) is 3.31. The largest absolute Gasteiger partial charge is 0.494 e. The zero-order chi connectivity index (χ0) is 19.5. The van der Waals surface area contributed by atoms with Crippen molar-refractivity contribution in [3.8, 4) is 17.2 Å². The first-order chi connectivity index (χ1) is 13.7. The van der Waals surface area contributed by atoms with Gasteiger partial charge < -0.3 is 14.2 Å². The van der Waals surface area contributed by atoms with Crippen molar-refractivity contribution < 1.29 is 19.0 Å². The lowest BCUT2D eigenvalue weighted by molar-refractivity contribution is -0.115. The van der Waals surface area contributed by atoms with Gasteiger partial charge >= 0.3 is 0 Å². The number of carbonyl (C=O) groups is 1. The first-order valence-corrected chi connectivity index (χ1v) is 11.3. The molecular formula is C21H22BrNO4S. The SMILES string of the molecule is CCCCCOc1ccc(N2C(=O)CSC2c2cc3c(cc2Br)OCO3)cc1.